The fourth-order valence-corrected chi connectivity index (χ4v) is 4.96. The van der Waals surface area contributed by atoms with E-state index in [2.05, 4.69) is 26.3 Å². The van der Waals surface area contributed by atoms with Gasteiger partial charge in [-0.25, -0.2) is 0 Å². The predicted octanol–water partition coefficient (Wildman–Crippen LogP) is 3.90. The molecule has 1 aliphatic heterocycles. The van der Waals surface area contributed by atoms with Crippen LogP contribution in [0.1, 0.15) is 25.7 Å². The Kier molecular flexibility index (Phi) is 4.90. The molecule has 0 radical (unpaired) electrons. The van der Waals surface area contributed by atoms with Crippen molar-refractivity contribution in [3.8, 4) is 0 Å². The lowest BCUT2D eigenvalue weighted by Gasteiger charge is -2.41. The number of rotatable bonds is 8. The number of fused-ring (bicyclic) bond motifs is 1. The van der Waals surface area contributed by atoms with Crippen molar-refractivity contribution in [2.45, 2.75) is 31.8 Å². The first-order valence-corrected chi connectivity index (χ1v) is 7.82. The van der Waals surface area contributed by atoms with Crippen LogP contribution in [0.3, 0.4) is 0 Å². The summed E-state index contributed by atoms with van der Waals surface area (Å²) in [6, 6.07) is 0. The van der Waals surface area contributed by atoms with Gasteiger partial charge in [-0.1, -0.05) is 24.3 Å². The highest BCUT2D eigenvalue weighted by Crippen LogP contribution is 2.65. The monoisotopic (exact) mass is 288 g/mol. The quantitative estimate of drug-likeness (QED) is 0.686. The van der Waals surface area contributed by atoms with Gasteiger partial charge in [-0.05, 0) is 37.5 Å². The van der Waals surface area contributed by atoms with Gasteiger partial charge in [0.2, 0.25) is 0 Å². The molecule has 2 aliphatic rings. The summed E-state index contributed by atoms with van der Waals surface area (Å²) in [5, 5.41) is 11.3. The van der Waals surface area contributed by atoms with Crippen LogP contribution < -0.4 is 0 Å². The Balaban J connectivity index is 2.52. The summed E-state index contributed by atoms with van der Waals surface area (Å²) < 4.78 is 5.81. The minimum Gasteiger partial charge on any atom is -0.392 e. The molecule has 2 rings (SSSR count). The Morgan fingerprint density at radius 2 is 1.14 bits per heavy atom. The standard InChI is InChI=1S/C19H28O2/c1-5-9-18(10-6-2)15-13-21-14-16(15)19(11-7-3,12-8-4)17(18)20/h5-8,15-17,20H,1-4,9-14H2/t15-,16-/m0/s1. The molecule has 1 aliphatic carbocycles. The summed E-state index contributed by atoms with van der Waals surface area (Å²) in [5.41, 5.74) is -0.423. The van der Waals surface area contributed by atoms with Crippen molar-refractivity contribution in [1.82, 2.24) is 0 Å². The number of aliphatic hydroxyl groups is 1. The molecule has 1 saturated carbocycles. The number of hydrogen-bond donors (Lipinski definition) is 1. The van der Waals surface area contributed by atoms with Gasteiger partial charge in [0.25, 0.3) is 0 Å². The highest BCUT2D eigenvalue weighted by Gasteiger charge is 2.66. The maximum Gasteiger partial charge on any atom is 0.0671 e. The predicted molar refractivity (Wildman–Crippen MR) is 87.9 cm³/mol. The number of aliphatic hydroxyl groups excluding tert-OH is 1. The van der Waals surface area contributed by atoms with Crippen molar-refractivity contribution < 1.29 is 9.84 Å². The van der Waals surface area contributed by atoms with Gasteiger partial charge in [-0.3, -0.25) is 0 Å². The molecule has 0 bridgehead atoms. The molecular weight excluding hydrogens is 260 g/mol. The minimum atomic E-state index is -0.407. The minimum absolute atomic E-state index is 0.212. The normalized spacial score (nSPS) is 29.8. The first-order valence-electron chi connectivity index (χ1n) is 7.82. The van der Waals surface area contributed by atoms with Crippen molar-refractivity contribution in [3.05, 3.63) is 50.6 Å². The molecule has 1 heterocycles. The van der Waals surface area contributed by atoms with Crippen LogP contribution in [0.4, 0.5) is 0 Å². The Morgan fingerprint density at radius 1 is 0.810 bits per heavy atom. The molecule has 2 atom stereocenters. The van der Waals surface area contributed by atoms with Crippen LogP contribution in [-0.2, 0) is 4.74 Å². The Labute approximate surface area is 128 Å². The van der Waals surface area contributed by atoms with Gasteiger partial charge >= 0.3 is 0 Å². The Morgan fingerprint density at radius 3 is 1.43 bits per heavy atom. The van der Waals surface area contributed by atoms with Crippen LogP contribution in [0.5, 0.6) is 0 Å². The molecule has 0 amide bonds. The summed E-state index contributed by atoms with van der Waals surface area (Å²) >= 11 is 0. The summed E-state index contributed by atoms with van der Waals surface area (Å²) in [4.78, 5) is 0. The SMILES string of the molecule is C=CCC1(CC=C)C(O)C(CC=C)(CC=C)[C@H]2COC[C@@H]21. The van der Waals surface area contributed by atoms with Crippen LogP contribution in [0.2, 0.25) is 0 Å². The zero-order valence-electron chi connectivity index (χ0n) is 13.0. The molecular formula is C19H28O2. The van der Waals surface area contributed by atoms with Crippen LogP contribution in [0.25, 0.3) is 0 Å². The second kappa shape index (κ2) is 6.33. The summed E-state index contributed by atoms with van der Waals surface area (Å²) in [5.74, 6) is 0.701. The number of hydrogen-bond acceptors (Lipinski definition) is 2. The zero-order valence-corrected chi connectivity index (χ0v) is 13.0. The maximum atomic E-state index is 11.3. The van der Waals surface area contributed by atoms with Gasteiger partial charge < -0.3 is 9.84 Å². The van der Waals surface area contributed by atoms with Gasteiger partial charge in [0.15, 0.2) is 0 Å². The molecule has 21 heavy (non-hydrogen) atoms. The van der Waals surface area contributed by atoms with Gasteiger partial charge in [0.1, 0.15) is 0 Å². The van der Waals surface area contributed by atoms with Crippen LogP contribution in [-0.4, -0.2) is 24.4 Å². The van der Waals surface area contributed by atoms with E-state index in [0.717, 1.165) is 38.9 Å². The van der Waals surface area contributed by atoms with Crippen molar-refractivity contribution in [2.75, 3.05) is 13.2 Å². The second-order valence-corrected chi connectivity index (χ2v) is 6.59. The summed E-state index contributed by atoms with van der Waals surface area (Å²) in [6.07, 6.45) is 10.5. The van der Waals surface area contributed by atoms with E-state index in [1.54, 1.807) is 0 Å². The second-order valence-electron chi connectivity index (χ2n) is 6.59. The third-order valence-corrected chi connectivity index (χ3v) is 5.74. The van der Waals surface area contributed by atoms with Crippen LogP contribution >= 0.6 is 0 Å². The lowest BCUT2D eigenvalue weighted by Crippen LogP contribution is -2.43. The molecule has 0 spiro atoms. The van der Waals surface area contributed by atoms with E-state index in [1.165, 1.54) is 0 Å². The zero-order chi connectivity index (χ0) is 15.5. The molecule has 2 nitrogen and oxygen atoms in total. The van der Waals surface area contributed by atoms with E-state index in [0.29, 0.717) is 11.8 Å². The molecule has 2 fully saturated rings. The van der Waals surface area contributed by atoms with Crippen LogP contribution in [0, 0.1) is 22.7 Å². The summed E-state index contributed by atoms with van der Waals surface area (Å²) in [7, 11) is 0. The van der Waals surface area contributed by atoms with Crippen molar-refractivity contribution in [3.63, 3.8) is 0 Å². The largest absolute Gasteiger partial charge is 0.392 e. The Hall–Kier alpha value is -1.12. The van der Waals surface area contributed by atoms with E-state index in [-0.39, 0.29) is 10.8 Å². The average Bonchev–Trinajstić information content (AvgIpc) is 3.00. The number of allylic oxidation sites excluding steroid dienone is 4. The number of ether oxygens (including phenoxy) is 1. The van der Waals surface area contributed by atoms with E-state index >= 15 is 0 Å². The molecule has 0 aromatic heterocycles. The molecule has 1 N–H and O–H groups in total. The van der Waals surface area contributed by atoms with Crippen molar-refractivity contribution in [2.24, 2.45) is 22.7 Å². The topological polar surface area (TPSA) is 29.5 Å². The highest BCUT2D eigenvalue weighted by molar-refractivity contribution is 5.19. The first-order chi connectivity index (χ1) is 10.1. The highest BCUT2D eigenvalue weighted by atomic mass is 16.5. The average molecular weight is 288 g/mol. The fraction of sp³-hybridized carbons (Fsp3) is 0.579. The van der Waals surface area contributed by atoms with E-state index in [9.17, 15) is 5.11 Å². The molecule has 0 aromatic rings. The van der Waals surface area contributed by atoms with Crippen molar-refractivity contribution >= 4 is 0 Å². The van der Waals surface area contributed by atoms with Crippen molar-refractivity contribution in [1.29, 1.82) is 0 Å². The van der Waals surface area contributed by atoms with E-state index < -0.39 is 6.10 Å². The van der Waals surface area contributed by atoms with E-state index in [4.69, 9.17) is 4.74 Å². The molecule has 2 heteroatoms. The van der Waals surface area contributed by atoms with Gasteiger partial charge in [-0.15, -0.1) is 26.3 Å². The molecule has 0 aromatic carbocycles. The smallest absolute Gasteiger partial charge is 0.0671 e. The molecule has 116 valence electrons. The van der Waals surface area contributed by atoms with E-state index in [1.807, 2.05) is 24.3 Å². The van der Waals surface area contributed by atoms with Gasteiger partial charge in [-0.2, -0.15) is 0 Å². The molecule has 0 unspecified atom stereocenters. The lowest BCUT2D eigenvalue weighted by molar-refractivity contribution is -0.0544. The summed E-state index contributed by atoms with van der Waals surface area (Å²) in [6.45, 7) is 17.1. The van der Waals surface area contributed by atoms with Crippen LogP contribution in [0.15, 0.2) is 50.6 Å². The lowest BCUT2D eigenvalue weighted by atomic mass is 9.67. The first kappa shape index (κ1) is 16.3. The third kappa shape index (κ3) is 2.25. The van der Waals surface area contributed by atoms with Gasteiger partial charge in [0.05, 0.1) is 19.3 Å². The molecule has 1 saturated heterocycles. The fourth-order valence-electron chi connectivity index (χ4n) is 4.96. The maximum absolute atomic E-state index is 11.3. The third-order valence-electron chi connectivity index (χ3n) is 5.74. The van der Waals surface area contributed by atoms with Gasteiger partial charge in [0, 0.05) is 10.8 Å². The Bertz CT molecular complexity index is 365.